The third kappa shape index (κ3) is 1.80. The Labute approximate surface area is 76.7 Å². The molecule has 1 aromatic rings. The zero-order valence-corrected chi connectivity index (χ0v) is 6.95. The van der Waals surface area contributed by atoms with E-state index in [1.807, 2.05) is 0 Å². The number of nitrogens with two attached hydrogens (primary N) is 1. The number of hydrogen-bond donors (Lipinski definition) is 2. The summed E-state index contributed by atoms with van der Waals surface area (Å²) in [6.07, 6.45) is -4.56. The predicted molar refractivity (Wildman–Crippen MR) is 42.5 cm³/mol. The van der Waals surface area contributed by atoms with Crippen molar-refractivity contribution < 1.29 is 18.3 Å². The highest BCUT2D eigenvalue weighted by molar-refractivity contribution is 6.34. The second-order valence-electron chi connectivity index (χ2n) is 2.36. The topological polar surface area (TPSA) is 46.2 Å². The molecular weight excluding hydrogens is 207 g/mol. The molecule has 3 N–H and O–H groups in total. The maximum atomic E-state index is 12.1. The Morgan fingerprint density at radius 3 is 2.31 bits per heavy atom. The summed E-state index contributed by atoms with van der Waals surface area (Å²) in [7, 11) is 0. The van der Waals surface area contributed by atoms with Gasteiger partial charge in [0.1, 0.15) is 5.75 Å². The first kappa shape index (κ1) is 9.98. The number of nitrogen functional groups attached to an aromatic ring is 1. The summed E-state index contributed by atoms with van der Waals surface area (Å²) in [6.45, 7) is 0. The van der Waals surface area contributed by atoms with E-state index in [2.05, 4.69) is 0 Å². The minimum Gasteiger partial charge on any atom is -0.506 e. The summed E-state index contributed by atoms with van der Waals surface area (Å²) < 4.78 is 36.4. The molecule has 0 saturated carbocycles. The molecule has 0 aliphatic carbocycles. The van der Waals surface area contributed by atoms with Crippen molar-refractivity contribution in [3.63, 3.8) is 0 Å². The van der Waals surface area contributed by atoms with Crippen LogP contribution >= 0.6 is 11.6 Å². The van der Waals surface area contributed by atoms with Gasteiger partial charge in [-0.3, -0.25) is 0 Å². The second-order valence-corrected chi connectivity index (χ2v) is 2.74. The molecule has 0 aliphatic heterocycles. The summed E-state index contributed by atoms with van der Waals surface area (Å²) >= 11 is 5.28. The predicted octanol–water partition coefficient (Wildman–Crippen LogP) is 2.65. The molecule has 2 nitrogen and oxygen atoms in total. The third-order valence-electron chi connectivity index (χ3n) is 1.46. The smallest absolute Gasteiger partial charge is 0.417 e. The Balaban J connectivity index is 3.35. The van der Waals surface area contributed by atoms with Crippen LogP contribution in [0.3, 0.4) is 0 Å². The lowest BCUT2D eigenvalue weighted by Gasteiger charge is -2.10. The van der Waals surface area contributed by atoms with E-state index in [1.165, 1.54) is 0 Å². The van der Waals surface area contributed by atoms with Crippen LogP contribution in [-0.4, -0.2) is 5.11 Å². The van der Waals surface area contributed by atoms with E-state index in [0.29, 0.717) is 6.07 Å². The van der Waals surface area contributed by atoms with Gasteiger partial charge in [-0.15, -0.1) is 0 Å². The molecule has 0 spiro atoms. The van der Waals surface area contributed by atoms with E-state index in [0.717, 1.165) is 6.07 Å². The molecule has 1 rings (SSSR count). The highest BCUT2D eigenvalue weighted by Gasteiger charge is 2.34. The molecule has 0 bridgehead atoms. The minimum absolute atomic E-state index is 0.460. The normalized spacial score (nSPS) is 11.7. The lowest BCUT2D eigenvalue weighted by atomic mass is 10.2. The van der Waals surface area contributed by atoms with Gasteiger partial charge in [0.2, 0.25) is 0 Å². The van der Waals surface area contributed by atoms with Crippen LogP contribution in [0.15, 0.2) is 12.1 Å². The second kappa shape index (κ2) is 2.99. The first-order valence-electron chi connectivity index (χ1n) is 3.18. The van der Waals surface area contributed by atoms with Crippen molar-refractivity contribution in [2.45, 2.75) is 6.18 Å². The zero-order valence-electron chi connectivity index (χ0n) is 6.19. The van der Waals surface area contributed by atoms with Crippen molar-refractivity contribution in [2.75, 3.05) is 5.73 Å². The van der Waals surface area contributed by atoms with E-state index < -0.39 is 28.2 Å². The number of alkyl halides is 3. The van der Waals surface area contributed by atoms with Gasteiger partial charge in [0.15, 0.2) is 0 Å². The van der Waals surface area contributed by atoms with Gasteiger partial charge in [-0.2, -0.15) is 13.2 Å². The van der Waals surface area contributed by atoms with Gasteiger partial charge in [-0.1, -0.05) is 11.6 Å². The molecular formula is C7H5ClF3NO. The van der Waals surface area contributed by atoms with Gasteiger partial charge in [0, 0.05) is 0 Å². The van der Waals surface area contributed by atoms with Crippen LogP contribution in [0.25, 0.3) is 0 Å². The summed E-state index contributed by atoms with van der Waals surface area (Å²) in [4.78, 5) is 0. The van der Waals surface area contributed by atoms with Crippen molar-refractivity contribution in [2.24, 2.45) is 0 Å². The number of hydrogen-bond acceptors (Lipinski definition) is 2. The molecule has 1 aromatic carbocycles. The summed E-state index contributed by atoms with van der Waals surface area (Å²) in [6, 6.07) is 1.53. The Kier molecular flexibility index (Phi) is 2.30. The van der Waals surface area contributed by atoms with Crippen molar-refractivity contribution in [3.8, 4) is 5.75 Å². The Morgan fingerprint density at radius 1 is 1.31 bits per heavy atom. The molecule has 0 atom stereocenters. The molecule has 0 aromatic heterocycles. The fraction of sp³-hybridized carbons (Fsp3) is 0.143. The SMILES string of the molecule is Nc1c(O)ccc(C(F)(F)F)c1Cl. The van der Waals surface area contributed by atoms with Crippen LogP contribution in [0.2, 0.25) is 5.02 Å². The van der Waals surface area contributed by atoms with E-state index >= 15 is 0 Å². The average Bonchev–Trinajstić information content (AvgIpc) is 1.98. The third-order valence-corrected chi connectivity index (χ3v) is 1.87. The molecule has 0 amide bonds. The highest BCUT2D eigenvalue weighted by atomic mass is 35.5. The molecule has 0 aliphatic rings. The van der Waals surface area contributed by atoms with E-state index in [4.69, 9.17) is 22.4 Å². The number of anilines is 1. The van der Waals surface area contributed by atoms with Gasteiger partial charge in [0.25, 0.3) is 0 Å². The molecule has 0 radical (unpaired) electrons. The van der Waals surface area contributed by atoms with Gasteiger partial charge in [-0.25, -0.2) is 0 Å². The standard InChI is InChI=1S/C7H5ClF3NO/c8-5-3(7(9,10)11)1-2-4(13)6(5)12/h1-2,13H,12H2. The molecule has 0 fully saturated rings. The number of benzene rings is 1. The molecule has 0 unspecified atom stereocenters. The van der Waals surface area contributed by atoms with Crippen molar-refractivity contribution in [1.82, 2.24) is 0 Å². The first-order chi connectivity index (χ1) is 5.84. The Morgan fingerprint density at radius 2 is 1.85 bits per heavy atom. The van der Waals surface area contributed by atoms with Gasteiger partial charge in [-0.05, 0) is 12.1 Å². The van der Waals surface area contributed by atoms with E-state index in [1.54, 1.807) is 0 Å². The number of phenols is 1. The highest BCUT2D eigenvalue weighted by Crippen LogP contribution is 2.40. The van der Waals surface area contributed by atoms with Crippen LogP contribution in [0.4, 0.5) is 18.9 Å². The monoisotopic (exact) mass is 211 g/mol. The largest absolute Gasteiger partial charge is 0.506 e. The number of aromatic hydroxyl groups is 1. The maximum Gasteiger partial charge on any atom is 0.417 e. The quantitative estimate of drug-likeness (QED) is 0.512. The number of rotatable bonds is 0. The van der Waals surface area contributed by atoms with Crippen LogP contribution in [0, 0.1) is 0 Å². The average molecular weight is 212 g/mol. The lowest BCUT2D eigenvalue weighted by molar-refractivity contribution is -0.137. The molecule has 0 saturated heterocycles. The molecule has 6 heteroatoms. The summed E-state index contributed by atoms with van der Waals surface area (Å²) in [5.41, 5.74) is 3.58. The van der Waals surface area contributed by atoms with Gasteiger partial charge < -0.3 is 10.8 Å². The van der Waals surface area contributed by atoms with E-state index in [9.17, 15) is 13.2 Å². The minimum atomic E-state index is -4.56. The Hall–Kier alpha value is -1.10. The molecule has 72 valence electrons. The fourth-order valence-corrected chi connectivity index (χ4v) is 1.07. The Bertz CT molecular complexity index is 337. The van der Waals surface area contributed by atoms with Crippen molar-refractivity contribution in [1.29, 1.82) is 0 Å². The van der Waals surface area contributed by atoms with Gasteiger partial charge in [0.05, 0.1) is 16.3 Å². The van der Waals surface area contributed by atoms with E-state index in [-0.39, 0.29) is 0 Å². The number of halogens is 4. The lowest BCUT2D eigenvalue weighted by Crippen LogP contribution is -2.07. The summed E-state index contributed by atoms with van der Waals surface area (Å²) in [5.74, 6) is -0.460. The van der Waals surface area contributed by atoms with Crippen LogP contribution in [0.1, 0.15) is 5.56 Å². The summed E-state index contributed by atoms with van der Waals surface area (Å²) in [5, 5.41) is 8.24. The van der Waals surface area contributed by atoms with Crippen LogP contribution < -0.4 is 5.73 Å². The zero-order chi connectivity index (χ0) is 10.2. The first-order valence-corrected chi connectivity index (χ1v) is 3.56. The molecule has 0 heterocycles. The number of phenolic OH excluding ortho intramolecular Hbond substituents is 1. The van der Waals surface area contributed by atoms with Gasteiger partial charge >= 0.3 is 6.18 Å². The van der Waals surface area contributed by atoms with Crippen LogP contribution in [-0.2, 0) is 6.18 Å². The maximum absolute atomic E-state index is 12.1. The van der Waals surface area contributed by atoms with Crippen LogP contribution in [0.5, 0.6) is 5.75 Å². The fourth-order valence-electron chi connectivity index (χ4n) is 0.802. The molecule has 13 heavy (non-hydrogen) atoms. The van der Waals surface area contributed by atoms with Crippen molar-refractivity contribution in [3.05, 3.63) is 22.7 Å². The van der Waals surface area contributed by atoms with Crippen molar-refractivity contribution >= 4 is 17.3 Å².